The predicted molar refractivity (Wildman–Crippen MR) is 60.5 cm³/mol. The van der Waals surface area contributed by atoms with Gasteiger partial charge in [-0.05, 0) is 23.8 Å². The average molecular weight is 217 g/mol. The van der Waals surface area contributed by atoms with Crippen molar-refractivity contribution in [1.29, 1.82) is 0 Å². The molecule has 2 aromatic rings. The van der Waals surface area contributed by atoms with E-state index >= 15 is 0 Å². The number of halogens is 1. The van der Waals surface area contributed by atoms with Gasteiger partial charge in [0, 0.05) is 5.56 Å². The summed E-state index contributed by atoms with van der Waals surface area (Å²) in [6.07, 6.45) is 0. The molecule has 0 saturated heterocycles. The highest BCUT2D eigenvalue weighted by Crippen LogP contribution is 2.27. The lowest BCUT2D eigenvalue weighted by atomic mass is 9.99. The SMILES string of the molecule is NC(c1ccccc1)c1cc(F)ccc1O. The minimum Gasteiger partial charge on any atom is -0.508 e. The first-order chi connectivity index (χ1) is 7.68. The number of rotatable bonds is 2. The van der Waals surface area contributed by atoms with Crippen molar-refractivity contribution in [2.24, 2.45) is 5.73 Å². The van der Waals surface area contributed by atoms with Crippen LogP contribution in [0.25, 0.3) is 0 Å². The third-order valence-electron chi connectivity index (χ3n) is 2.48. The smallest absolute Gasteiger partial charge is 0.123 e. The van der Waals surface area contributed by atoms with Gasteiger partial charge in [-0.25, -0.2) is 4.39 Å². The molecule has 0 aliphatic carbocycles. The highest BCUT2D eigenvalue weighted by molar-refractivity contribution is 5.40. The Morgan fingerprint density at radius 1 is 1.06 bits per heavy atom. The fourth-order valence-electron chi connectivity index (χ4n) is 1.61. The molecule has 2 aromatic carbocycles. The van der Waals surface area contributed by atoms with Crippen LogP contribution in [0.5, 0.6) is 5.75 Å². The fourth-order valence-corrected chi connectivity index (χ4v) is 1.61. The van der Waals surface area contributed by atoms with Crippen molar-refractivity contribution in [3.05, 3.63) is 65.5 Å². The van der Waals surface area contributed by atoms with Crippen molar-refractivity contribution in [1.82, 2.24) is 0 Å². The zero-order valence-corrected chi connectivity index (χ0v) is 8.60. The molecule has 0 bridgehead atoms. The summed E-state index contributed by atoms with van der Waals surface area (Å²) < 4.78 is 13.1. The van der Waals surface area contributed by atoms with Crippen molar-refractivity contribution in [2.75, 3.05) is 0 Å². The molecule has 0 saturated carbocycles. The second-order valence-electron chi connectivity index (χ2n) is 3.59. The van der Waals surface area contributed by atoms with E-state index in [0.717, 1.165) is 5.56 Å². The third kappa shape index (κ3) is 2.04. The maximum Gasteiger partial charge on any atom is 0.123 e. The molecule has 16 heavy (non-hydrogen) atoms. The molecule has 0 fully saturated rings. The highest BCUT2D eigenvalue weighted by atomic mass is 19.1. The minimum absolute atomic E-state index is 0.0118. The number of benzene rings is 2. The Kier molecular flexibility index (Phi) is 2.88. The van der Waals surface area contributed by atoms with Gasteiger partial charge in [-0.15, -0.1) is 0 Å². The van der Waals surface area contributed by atoms with E-state index in [4.69, 9.17) is 5.73 Å². The Hall–Kier alpha value is -1.87. The molecule has 0 aliphatic rings. The van der Waals surface area contributed by atoms with Crippen LogP contribution in [0.15, 0.2) is 48.5 Å². The number of aromatic hydroxyl groups is 1. The summed E-state index contributed by atoms with van der Waals surface area (Å²) in [6, 6.07) is 12.5. The summed E-state index contributed by atoms with van der Waals surface area (Å²) >= 11 is 0. The second-order valence-corrected chi connectivity index (χ2v) is 3.59. The average Bonchev–Trinajstić information content (AvgIpc) is 2.32. The van der Waals surface area contributed by atoms with Crippen LogP contribution in [0.2, 0.25) is 0 Å². The number of nitrogens with two attached hydrogens (primary N) is 1. The number of phenolic OH excluding ortho intramolecular Hbond substituents is 1. The van der Waals surface area contributed by atoms with E-state index in [-0.39, 0.29) is 5.75 Å². The van der Waals surface area contributed by atoms with Gasteiger partial charge in [0.15, 0.2) is 0 Å². The van der Waals surface area contributed by atoms with Crippen LogP contribution in [0.4, 0.5) is 4.39 Å². The topological polar surface area (TPSA) is 46.2 Å². The Bertz CT molecular complexity index is 485. The highest BCUT2D eigenvalue weighted by Gasteiger charge is 2.13. The molecule has 2 rings (SSSR count). The van der Waals surface area contributed by atoms with Crippen LogP contribution in [-0.2, 0) is 0 Å². The van der Waals surface area contributed by atoms with E-state index in [0.29, 0.717) is 5.56 Å². The second kappa shape index (κ2) is 4.33. The van der Waals surface area contributed by atoms with Gasteiger partial charge in [-0.1, -0.05) is 30.3 Å². The fraction of sp³-hybridized carbons (Fsp3) is 0.0769. The maximum atomic E-state index is 13.1. The van der Waals surface area contributed by atoms with Crippen LogP contribution < -0.4 is 5.73 Å². The summed E-state index contributed by atoms with van der Waals surface area (Å²) in [5, 5.41) is 9.62. The van der Waals surface area contributed by atoms with Gasteiger partial charge in [0.25, 0.3) is 0 Å². The largest absolute Gasteiger partial charge is 0.508 e. The lowest BCUT2D eigenvalue weighted by molar-refractivity contribution is 0.462. The van der Waals surface area contributed by atoms with E-state index in [9.17, 15) is 9.50 Å². The lowest BCUT2D eigenvalue weighted by Gasteiger charge is -2.13. The molecule has 1 unspecified atom stereocenters. The maximum absolute atomic E-state index is 13.1. The van der Waals surface area contributed by atoms with Gasteiger partial charge in [-0.2, -0.15) is 0 Å². The molecule has 0 spiro atoms. The van der Waals surface area contributed by atoms with E-state index in [1.807, 2.05) is 30.3 Å². The monoisotopic (exact) mass is 217 g/mol. The van der Waals surface area contributed by atoms with Crippen LogP contribution in [0.3, 0.4) is 0 Å². The van der Waals surface area contributed by atoms with Crippen molar-refractivity contribution in [3.8, 4) is 5.75 Å². The summed E-state index contributed by atoms with van der Waals surface area (Å²) in [6.45, 7) is 0. The van der Waals surface area contributed by atoms with Gasteiger partial charge in [0.05, 0.1) is 6.04 Å². The van der Waals surface area contributed by atoms with Crippen molar-refractivity contribution < 1.29 is 9.50 Å². The summed E-state index contributed by atoms with van der Waals surface area (Å²) in [5.74, 6) is -0.392. The van der Waals surface area contributed by atoms with Crippen LogP contribution in [-0.4, -0.2) is 5.11 Å². The summed E-state index contributed by atoms with van der Waals surface area (Å²) in [4.78, 5) is 0. The van der Waals surface area contributed by atoms with Gasteiger partial charge in [0.1, 0.15) is 11.6 Å². The molecule has 1 atom stereocenters. The van der Waals surface area contributed by atoms with Crippen LogP contribution in [0, 0.1) is 5.82 Å². The molecule has 0 aromatic heterocycles. The number of hydrogen-bond acceptors (Lipinski definition) is 2. The Labute approximate surface area is 93.2 Å². The molecule has 3 N–H and O–H groups in total. The van der Waals surface area contributed by atoms with Crippen molar-refractivity contribution in [3.63, 3.8) is 0 Å². The Morgan fingerprint density at radius 2 is 1.75 bits per heavy atom. The molecule has 0 heterocycles. The Morgan fingerprint density at radius 3 is 2.44 bits per heavy atom. The lowest BCUT2D eigenvalue weighted by Crippen LogP contribution is -2.12. The first kappa shape index (κ1) is 10.6. The third-order valence-corrected chi connectivity index (χ3v) is 2.48. The minimum atomic E-state index is -0.517. The molecular formula is C13H12FNO. The molecule has 3 heteroatoms. The zero-order valence-electron chi connectivity index (χ0n) is 8.60. The quantitative estimate of drug-likeness (QED) is 0.812. The van der Waals surface area contributed by atoms with E-state index in [1.54, 1.807) is 0 Å². The normalized spacial score (nSPS) is 12.4. The standard InChI is InChI=1S/C13H12FNO/c14-10-6-7-12(16)11(8-10)13(15)9-4-2-1-3-5-9/h1-8,13,16H,15H2. The van der Waals surface area contributed by atoms with Gasteiger partial charge >= 0.3 is 0 Å². The molecule has 0 aliphatic heterocycles. The van der Waals surface area contributed by atoms with E-state index in [2.05, 4.69) is 0 Å². The Balaban J connectivity index is 2.41. The molecule has 0 radical (unpaired) electrons. The molecular weight excluding hydrogens is 205 g/mol. The summed E-state index contributed by atoms with van der Waals surface area (Å²) in [7, 11) is 0. The van der Waals surface area contributed by atoms with E-state index in [1.165, 1.54) is 18.2 Å². The van der Waals surface area contributed by atoms with Gasteiger partial charge in [0.2, 0.25) is 0 Å². The summed E-state index contributed by atoms with van der Waals surface area (Å²) in [5.41, 5.74) is 7.19. The predicted octanol–water partition coefficient (Wildman–Crippen LogP) is 2.58. The number of phenols is 1. The van der Waals surface area contributed by atoms with Crippen LogP contribution >= 0.6 is 0 Å². The number of hydrogen-bond donors (Lipinski definition) is 2. The van der Waals surface area contributed by atoms with Gasteiger partial charge < -0.3 is 10.8 Å². The van der Waals surface area contributed by atoms with Gasteiger partial charge in [-0.3, -0.25) is 0 Å². The van der Waals surface area contributed by atoms with E-state index < -0.39 is 11.9 Å². The van der Waals surface area contributed by atoms with Crippen molar-refractivity contribution >= 4 is 0 Å². The first-order valence-corrected chi connectivity index (χ1v) is 4.97. The zero-order chi connectivity index (χ0) is 11.5. The molecule has 2 nitrogen and oxygen atoms in total. The van der Waals surface area contributed by atoms with Crippen molar-refractivity contribution in [2.45, 2.75) is 6.04 Å². The first-order valence-electron chi connectivity index (χ1n) is 4.97. The molecule has 82 valence electrons. The molecule has 0 amide bonds. The van der Waals surface area contributed by atoms with Crippen LogP contribution in [0.1, 0.15) is 17.2 Å².